The van der Waals surface area contributed by atoms with Gasteiger partial charge < -0.3 is 9.47 Å². The monoisotopic (exact) mass is 382 g/mol. The maximum Gasteiger partial charge on any atom is 0.347 e. The Kier molecular flexibility index (Phi) is 5.78. The van der Waals surface area contributed by atoms with Crippen molar-refractivity contribution in [1.82, 2.24) is 0 Å². The lowest BCUT2D eigenvalue weighted by molar-refractivity contribution is 0.0729. The number of ketones is 1. The molecule has 0 saturated carbocycles. The molecular formula is C21H15FO4S. The first-order valence-corrected chi connectivity index (χ1v) is 8.87. The smallest absolute Gasteiger partial charge is 0.347 e. The number of thiophene rings is 1. The minimum Gasteiger partial charge on any atom is -0.496 e. The maximum atomic E-state index is 13.7. The van der Waals surface area contributed by atoms with Crippen LogP contribution in [-0.2, 0) is 0 Å². The molecular weight excluding hydrogens is 367 g/mol. The Balaban J connectivity index is 1.88. The first-order valence-electron chi connectivity index (χ1n) is 7.99. The zero-order valence-electron chi connectivity index (χ0n) is 14.3. The molecule has 0 atom stereocenters. The number of allylic oxidation sites excluding steroid dienone is 1. The van der Waals surface area contributed by atoms with Crippen molar-refractivity contribution < 1.29 is 23.5 Å². The number of rotatable bonds is 6. The molecule has 0 unspecified atom stereocenters. The average Bonchev–Trinajstić information content (AvgIpc) is 3.21. The van der Waals surface area contributed by atoms with Gasteiger partial charge in [0.05, 0.1) is 12.7 Å². The van der Waals surface area contributed by atoms with E-state index < -0.39 is 17.6 Å². The van der Waals surface area contributed by atoms with Crippen LogP contribution in [0.5, 0.6) is 11.5 Å². The maximum absolute atomic E-state index is 13.7. The Labute approximate surface area is 159 Å². The Morgan fingerprint density at radius 1 is 1.00 bits per heavy atom. The van der Waals surface area contributed by atoms with Gasteiger partial charge in [0, 0.05) is 4.88 Å². The molecule has 4 nitrogen and oxygen atoms in total. The number of esters is 1. The van der Waals surface area contributed by atoms with E-state index >= 15 is 0 Å². The molecule has 3 rings (SSSR count). The molecule has 0 aliphatic heterocycles. The largest absolute Gasteiger partial charge is 0.496 e. The van der Waals surface area contributed by atoms with E-state index in [1.807, 2.05) is 17.5 Å². The minimum atomic E-state index is -0.699. The summed E-state index contributed by atoms with van der Waals surface area (Å²) >= 11 is 1.47. The van der Waals surface area contributed by atoms with Crippen LogP contribution in [0.15, 0.2) is 66.1 Å². The fraction of sp³-hybridized carbons (Fsp3) is 0.0476. The Bertz CT molecular complexity index is 993. The van der Waals surface area contributed by atoms with Gasteiger partial charge in [-0.15, -0.1) is 11.3 Å². The van der Waals surface area contributed by atoms with Gasteiger partial charge in [-0.25, -0.2) is 9.18 Å². The molecule has 0 amide bonds. The second-order valence-corrected chi connectivity index (χ2v) is 6.42. The summed E-state index contributed by atoms with van der Waals surface area (Å²) in [5.41, 5.74) is 0.169. The van der Waals surface area contributed by atoms with E-state index in [2.05, 4.69) is 0 Å². The van der Waals surface area contributed by atoms with Crippen molar-refractivity contribution >= 4 is 29.2 Å². The van der Waals surface area contributed by atoms with Crippen molar-refractivity contribution in [3.63, 3.8) is 0 Å². The fourth-order valence-electron chi connectivity index (χ4n) is 2.39. The van der Waals surface area contributed by atoms with Gasteiger partial charge in [0.15, 0.2) is 5.78 Å². The van der Waals surface area contributed by atoms with Crippen molar-refractivity contribution in [2.45, 2.75) is 0 Å². The van der Waals surface area contributed by atoms with Crippen LogP contribution in [0.4, 0.5) is 4.39 Å². The highest BCUT2D eigenvalue weighted by molar-refractivity contribution is 7.10. The summed E-state index contributed by atoms with van der Waals surface area (Å²) in [6, 6.07) is 13.7. The third-order valence-corrected chi connectivity index (χ3v) is 4.52. The van der Waals surface area contributed by atoms with Gasteiger partial charge >= 0.3 is 5.97 Å². The lowest BCUT2D eigenvalue weighted by Gasteiger charge is -2.10. The molecule has 0 fully saturated rings. The van der Waals surface area contributed by atoms with Gasteiger partial charge in [-0.05, 0) is 53.9 Å². The van der Waals surface area contributed by atoms with Crippen molar-refractivity contribution in [3.8, 4) is 11.5 Å². The van der Waals surface area contributed by atoms with Crippen LogP contribution in [0.1, 0.15) is 25.6 Å². The predicted octanol–water partition coefficient (Wildman–Crippen LogP) is 5.01. The first-order chi connectivity index (χ1) is 13.1. The van der Waals surface area contributed by atoms with Crippen molar-refractivity contribution in [1.29, 1.82) is 0 Å². The van der Waals surface area contributed by atoms with Crippen LogP contribution in [0, 0.1) is 5.82 Å². The van der Waals surface area contributed by atoms with Gasteiger partial charge in [-0.1, -0.05) is 18.2 Å². The minimum absolute atomic E-state index is 0.0202. The van der Waals surface area contributed by atoms with Crippen LogP contribution >= 0.6 is 11.3 Å². The highest BCUT2D eigenvalue weighted by Gasteiger charge is 2.18. The molecule has 0 N–H and O–H groups in total. The van der Waals surface area contributed by atoms with Gasteiger partial charge in [0.1, 0.15) is 22.9 Å². The predicted molar refractivity (Wildman–Crippen MR) is 102 cm³/mol. The molecule has 6 heteroatoms. The van der Waals surface area contributed by atoms with Crippen molar-refractivity contribution in [3.05, 3.63) is 87.9 Å². The summed E-state index contributed by atoms with van der Waals surface area (Å²) in [7, 11) is 1.44. The number of hydrogen-bond acceptors (Lipinski definition) is 5. The third-order valence-electron chi connectivity index (χ3n) is 3.68. The zero-order valence-corrected chi connectivity index (χ0v) is 15.2. The topological polar surface area (TPSA) is 52.6 Å². The van der Waals surface area contributed by atoms with E-state index in [4.69, 9.17) is 9.47 Å². The molecule has 0 radical (unpaired) electrons. The quantitative estimate of drug-likeness (QED) is 0.260. The summed E-state index contributed by atoms with van der Waals surface area (Å²) in [4.78, 5) is 25.8. The SMILES string of the molecule is COc1ccccc1C(=O)Oc1ccc(F)cc1C(=O)C=Cc1cccs1. The van der Waals surface area contributed by atoms with E-state index in [9.17, 15) is 14.0 Å². The van der Waals surface area contributed by atoms with E-state index in [1.165, 1.54) is 30.6 Å². The number of methoxy groups -OCH3 is 1. The number of hydrogen-bond donors (Lipinski definition) is 0. The van der Waals surface area contributed by atoms with Gasteiger partial charge in [0.2, 0.25) is 0 Å². The number of para-hydroxylation sites is 1. The lowest BCUT2D eigenvalue weighted by atomic mass is 10.1. The molecule has 3 aromatic rings. The Morgan fingerprint density at radius 2 is 1.81 bits per heavy atom. The molecule has 1 aromatic heterocycles. The average molecular weight is 382 g/mol. The molecule has 0 aliphatic rings. The molecule has 0 aliphatic carbocycles. The van der Waals surface area contributed by atoms with E-state index in [1.54, 1.807) is 30.3 Å². The Hall–Kier alpha value is -3.25. The standard InChI is InChI=1S/C21H15FO4S/c1-25-19-7-3-2-6-16(19)21(24)26-20-11-8-14(22)13-17(20)18(23)10-9-15-5-4-12-27-15/h2-13H,1H3. The summed E-state index contributed by atoms with van der Waals surface area (Å²) in [6.07, 6.45) is 2.95. The van der Waals surface area contributed by atoms with Crippen LogP contribution < -0.4 is 9.47 Å². The molecule has 0 spiro atoms. The number of carbonyl (C=O) groups is 2. The van der Waals surface area contributed by atoms with E-state index in [0.717, 1.165) is 17.0 Å². The van der Waals surface area contributed by atoms with E-state index in [-0.39, 0.29) is 16.9 Å². The third kappa shape index (κ3) is 4.48. The first kappa shape index (κ1) is 18.5. The summed E-state index contributed by atoms with van der Waals surface area (Å²) < 4.78 is 24.2. The molecule has 0 bridgehead atoms. The summed E-state index contributed by atoms with van der Waals surface area (Å²) in [6.45, 7) is 0. The number of benzene rings is 2. The van der Waals surface area contributed by atoms with Crippen molar-refractivity contribution in [2.75, 3.05) is 7.11 Å². The van der Waals surface area contributed by atoms with Gasteiger partial charge in [-0.3, -0.25) is 4.79 Å². The highest BCUT2D eigenvalue weighted by atomic mass is 32.1. The molecule has 0 saturated heterocycles. The molecule has 136 valence electrons. The van der Waals surface area contributed by atoms with Crippen LogP contribution in [-0.4, -0.2) is 18.9 Å². The van der Waals surface area contributed by atoms with Crippen molar-refractivity contribution in [2.24, 2.45) is 0 Å². The van der Waals surface area contributed by atoms with Crippen LogP contribution in [0.3, 0.4) is 0 Å². The Morgan fingerprint density at radius 3 is 2.56 bits per heavy atom. The normalized spacial score (nSPS) is 10.7. The molecule has 2 aromatic carbocycles. The molecule has 27 heavy (non-hydrogen) atoms. The lowest BCUT2D eigenvalue weighted by Crippen LogP contribution is -2.12. The number of ether oxygens (including phenoxy) is 2. The number of carbonyl (C=O) groups excluding carboxylic acids is 2. The van der Waals surface area contributed by atoms with Crippen LogP contribution in [0.2, 0.25) is 0 Å². The zero-order chi connectivity index (χ0) is 19.2. The van der Waals surface area contributed by atoms with Gasteiger partial charge in [0.25, 0.3) is 0 Å². The summed E-state index contributed by atoms with van der Waals surface area (Å²) in [5.74, 6) is -1.44. The number of halogens is 1. The summed E-state index contributed by atoms with van der Waals surface area (Å²) in [5, 5.41) is 1.88. The van der Waals surface area contributed by atoms with E-state index in [0.29, 0.717) is 5.75 Å². The highest BCUT2D eigenvalue weighted by Crippen LogP contribution is 2.25. The second-order valence-electron chi connectivity index (χ2n) is 5.44. The molecule has 1 heterocycles. The fourth-order valence-corrected chi connectivity index (χ4v) is 3.00. The van der Waals surface area contributed by atoms with Gasteiger partial charge in [-0.2, -0.15) is 0 Å². The second kappa shape index (κ2) is 8.42. The van der Waals surface area contributed by atoms with Crippen LogP contribution in [0.25, 0.3) is 6.08 Å².